The minimum Gasteiger partial charge on any atom is -0.355 e. The number of aryl methyl sites for hydroxylation is 1. The van der Waals surface area contributed by atoms with Crippen LogP contribution in [0.1, 0.15) is 29.2 Å². The van der Waals surface area contributed by atoms with Crippen molar-refractivity contribution < 1.29 is 18.0 Å². The first-order chi connectivity index (χ1) is 20.6. The summed E-state index contributed by atoms with van der Waals surface area (Å²) in [6, 6.07) is 29.0. The molecule has 2 amide bonds. The van der Waals surface area contributed by atoms with Crippen LogP contribution in [0.5, 0.6) is 0 Å². The quantitative estimate of drug-likeness (QED) is 0.214. The van der Waals surface area contributed by atoms with Crippen molar-refractivity contribution in [1.29, 1.82) is 0 Å². The second-order valence-electron chi connectivity index (χ2n) is 10.3. The van der Waals surface area contributed by atoms with Crippen molar-refractivity contribution in [3.8, 4) is 0 Å². The van der Waals surface area contributed by atoms with Crippen LogP contribution in [0, 0.1) is 13.8 Å². The van der Waals surface area contributed by atoms with Crippen molar-refractivity contribution in [2.75, 3.05) is 17.4 Å². The van der Waals surface area contributed by atoms with Crippen molar-refractivity contribution >= 4 is 39.1 Å². The highest BCUT2D eigenvalue weighted by atomic mass is 35.5. The Kier molecular flexibility index (Phi) is 10.6. The zero-order chi connectivity index (χ0) is 31.0. The van der Waals surface area contributed by atoms with Gasteiger partial charge in [-0.05, 0) is 67.3 Å². The third-order valence-electron chi connectivity index (χ3n) is 7.38. The van der Waals surface area contributed by atoms with Gasteiger partial charge in [0.05, 0.1) is 10.6 Å². The van der Waals surface area contributed by atoms with E-state index in [-0.39, 0.29) is 23.8 Å². The van der Waals surface area contributed by atoms with E-state index in [4.69, 9.17) is 11.6 Å². The maximum absolute atomic E-state index is 14.5. The average molecular weight is 618 g/mol. The van der Waals surface area contributed by atoms with Crippen molar-refractivity contribution in [2.45, 2.75) is 44.7 Å². The Hall–Kier alpha value is -4.14. The van der Waals surface area contributed by atoms with Gasteiger partial charge in [-0.2, -0.15) is 0 Å². The molecule has 9 heteroatoms. The van der Waals surface area contributed by atoms with E-state index in [2.05, 4.69) is 5.32 Å². The maximum Gasteiger partial charge on any atom is 0.264 e. The molecule has 1 N–H and O–H groups in total. The number of amides is 2. The molecule has 0 spiro atoms. The van der Waals surface area contributed by atoms with Crippen molar-refractivity contribution in [1.82, 2.24) is 10.2 Å². The van der Waals surface area contributed by atoms with E-state index in [0.717, 1.165) is 21.0 Å². The summed E-state index contributed by atoms with van der Waals surface area (Å²) in [5.74, 6) is -0.872. The van der Waals surface area contributed by atoms with Gasteiger partial charge >= 0.3 is 0 Å². The van der Waals surface area contributed by atoms with E-state index in [0.29, 0.717) is 22.8 Å². The van der Waals surface area contributed by atoms with Gasteiger partial charge in [0.25, 0.3) is 10.0 Å². The Morgan fingerprint density at radius 1 is 0.837 bits per heavy atom. The molecule has 0 unspecified atom stereocenters. The van der Waals surface area contributed by atoms with Crippen LogP contribution < -0.4 is 9.62 Å². The van der Waals surface area contributed by atoms with Crippen molar-refractivity contribution in [2.24, 2.45) is 0 Å². The summed E-state index contributed by atoms with van der Waals surface area (Å²) in [5.41, 5.74) is 3.52. The molecule has 4 aromatic carbocycles. The minimum atomic E-state index is -4.16. The van der Waals surface area contributed by atoms with Crippen molar-refractivity contribution in [3.63, 3.8) is 0 Å². The van der Waals surface area contributed by atoms with Gasteiger partial charge in [0.15, 0.2) is 0 Å². The summed E-state index contributed by atoms with van der Waals surface area (Å²) >= 11 is 6.53. The molecule has 1 atom stereocenters. The van der Waals surface area contributed by atoms with Gasteiger partial charge in [-0.3, -0.25) is 13.9 Å². The molecule has 224 valence electrons. The number of likely N-dealkylation sites (N-methyl/N-ethyl adjacent to an activating group) is 1. The lowest BCUT2D eigenvalue weighted by molar-refractivity contribution is -0.140. The lowest BCUT2D eigenvalue weighted by atomic mass is 10.0. The second kappa shape index (κ2) is 14.4. The molecule has 4 aromatic rings. The molecular weight excluding hydrogens is 582 g/mol. The standard InChI is InChI=1S/C34H36ClN3O4S/c1-4-36-34(40)32(22-27-15-7-5-8-16-27)37(23-28-17-11-12-20-30(28)35)33(39)24-38(31-21-13-14-25(2)26(31)3)43(41,42)29-18-9-6-10-19-29/h5-21,32H,4,22-24H2,1-3H3,(H,36,40)/t32-/m0/s1. The summed E-state index contributed by atoms with van der Waals surface area (Å²) < 4.78 is 29.4. The second-order valence-corrected chi connectivity index (χ2v) is 12.5. The first-order valence-electron chi connectivity index (χ1n) is 14.1. The normalized spacial score (nSPS) is 11.9. The molecule has 4 rings (SSSR count). The van der Waals surface area contributed by atoms with Gasteiger partial charge in [-0.15, -0.1) is 0 Å². The highest BCUT2D eigenvalue weighted by Gasteiger charge is 2.35. The molecule has 0 radical (unpaired) electrons. The summed E-state index contributed by atoms with van der Waals surface area (Å²) in [5, 5.41) is 3.30. The molecule has 0 saturated heterocycles. The number of nitrogens with zero attached hydrogens (tertiary/aromatic N) is 2. The number of halogens is 1. The van der Waals surface area contributed by atoms with E-state index >= 15 is 0 Å². The highest BCUT2D eigenvalue weighted by Crippen LogP contribution is 2.29. The van der Waals surface area contributed by atoms with Gasteiger partial charge in [0.2, 0.25) is 11.8 Å². The molecule has 7 nitrogen and oxygen atoms in total. The third kappa shape index (κ3) is 7.63. The molecule has 0 fully saturated rings. The van der Waals surface area contributed by atoms with Gasteiger partial charge in [0.1, 0.15) is 12.6 Å². The number of nitrogens with one attached hydrogen (secondary N) is 1. The van der Waals surface area contributed by atoms with Crippen LogP contribution in [0.4, 0.5) is 5.69 Å². The summed E-state index contributed by atoms with van der Waals surface area (Å²) in [7, 11) is -4.16. The van der Waals surface area contributed by atoms with Crippen molar-refractivity contribution in [3.05, 3.63) is 130 Å². The number of sulfonamides is 1. The topological polar surface area (TPSA) is 86.8 Å². The average Bonchev–Trinajstić information content (AvgIpc) is 3.01. The Labute approximate surface area is 259 Å². The lowest BCUT2D eigenvalue weighted by Gasteiger charge is -2.34. The third-order valence-corrected chi connectivity index (χ3v) is 9.52. The number of benzene rings is 4. The van der Waals surface area contributed by atoms with Gasteiger partial charge in [0, 0.05) is 24.5 Å². The fourth-order valence-corrected chi connectivity index (χ4v) is 6.58. The summed E-state index contributed by atoms with van der Waals surface area (Å²) in [6.45, 7) is 5.40. The van der Waals surface area contributed by atoms with E-state index in [1.807, 2.05) is 63.2 Å². The molecule has 0 aliphatic carbocycles. The molecule has 0 heterocycles. The van der Waals surface area contributed by atoms with Crippen LogP contribution in [0.15, 0.2) is 108 Å². The summed E-state index contributed by atoms with van der Waals surface area (Å²) in [6.07, 6.45) is 0.234. The SMILES string of the molecule is CCNC(=O)[C@H](Cc1ccccc1)N(Cc1ccccc1Cl)C(=O)CN(c1cccc(C)c1C)S(=O)(=O)c1ccccc1. The first-order valence-corrected chi connectivity index (χ1v) is 15.9. The zero-order valence-corrected chi connectivity index (χ0v) is 26.1. The molecule has 0 aliphatic heterocycles. The Balaban J connectivity index is 1.83. The number of anilines is 1. The van der Waals surface area contributed by atoms with Crippen LogP contribution in [0.2, 0.25) is 5.02 Å². The number of carbonyl (C=O) groups is 2. The van der Waals surface area contributed by atoms with Crippen LogP contribution in [0.25, 0.3) is 0 Å². The molecule has 0 saturated carbocycles. The smallest absolute Gasteiger partial charge is 0.264 e. The molecule has 43 heavy (non-hydrogen) atoms. The van der Waals surface area contributed by atoms with E-state index in [1.165, 1.54) is 17.0 Å². The van der Waals surface area contributed by atoms with Gasteiger partial charge in [-0.25, -0.2) is 8.42 Å². The van der Waals surface area contributed by atoms with Crippen LogP contribution in [0.3, 0.4) is 0 Å². The first kappa shape index (κ1) is 31.8. The molecule has 0 aliphatic rings. The van der Waals surface area contributed by atoms with Crippen LogP contribution in [-0.4, -0.2) is 44.3 Å². The fourth-order valence-electron chi connectivity index (χ4n) is 4.89. The number of rotatable bonds is 12. The summed E-state index contributed by atoms with van der Waals surface area (Å²) in [4.78, 5) is 29.5. The molecule has 0 bridgehead atoms. The highest BCUT2D eigenvalue weighted by molar-refractivity contribution is 7.92. The Morgan fingerprint density at radius 2 is 1.47 bits per heavy atom. The fraction of sp³-hybridized carbons (Fsp3) is 0.235. The number of carbonyl (C=O) groups excluding carboxylic acids is 2. The van der Waals surface area contributed by atoms with Crippen LogP contribution in [-0.2, 0) is 32.6 Å². The van der Waals surface area contributed by atoms with E-state index in [9.17, 15) is 18.0 Å². The van der Waals surface area contributed by atoms with Crippen LogP contribution >= 0.6 is 11.6 Å². The monoisotopic (exact) mass is 617 g/mol. The molecular formula is C34H36ClN3O4S. The van der Waals surface area contributed by atoms with E-state index < -0.39 is 28.5 Å². The predicted molar refractivity (Wildman–Crippen MR) is 172 cm³/mol. The van der Waals surface area contributed by atoms with E-state index in [1.54, 1.807) is 48.5 Å². The number of hydrogen-bond acceptors (Lipinski definition) is 4. The molecule has 0 aromatic heterocycles. The zero-order valence-electron chi connectivity index (χ0n) is 24.5. The lowest BCUT2D eigenvalue weighted by Crippen LogP contribution is -2.53. The number of hydrogen-bond donors (Lipinski definition) is 1. The Bertz CT molecular complexity index is 1660. The maximum atomic E-state index is 14.5. The van der Waals surface area contributed by atoms with Gasteiger partial charge in [-0.1, -0.05) is 90.5 Å². The predicted octanol–water partition coefficient (Wildman–Crippen LogP) is 5.93. The largest absolute Gasteiger partial charge is 0.355 e. The minimum absolute atomic E-state index is 0.0131. The van der Waals surface area contributed by atoms with Gasteiger partial charge < -0.3 is 10.2 Å². The Morgan fingerprint density at radius 3 is 2.12 bits per heavy atom.